The van der Waals surface area contributed by atoms with Crippen LogP contribution >= 0.6 is 23.2 Å². The number of nitrogens with zero attached hydrogens (tertiary/aromatic N) is 6. The second-order valence-electron chi connectivity index (χ2n) is 12.0. The van der Waals surface area contributed by atoms with Crippen molar-refractivity contribution in [2.24, 2.45) is 0 Å². The van der Waals surface area contributed by atoms with E-state index in [1.165, 1.54) is 12.4 Å². The topological polar surface area (TPSA) is 170 Å². The number of rotatable bonds is 8. The lowest BCUT2D eigenvalue weighted by Crippen LogP contribution is -2.40. The lowest BCUT2D eigenvalue weighted by molar-refractivity contribution is 0.0303. The first kappa shape index (κ1) is 37.5. The molecule has 2 aliphatic heterocycles. The van der Waals surface area contributed by atoms with Crippen LogP contribution in [0.3, 0.4) is 0 Å². The van der Waals surface area contributed by atoms with Crippen molar-refractivity contribution >= 4 is 69.9 Å². The first-order chi connectivity index (χ1) is 24.6. The van der Waals surface area contributed by atoms with Gasteiger partial charge in [-0.2, -0.15) is 9.97 Å². The summed E-state index contributed by atoms with van der Waals surface area (Å²) in [6.45, 7) is 7.47. The minimum Gasteiger partial charge on any atom is -0.393 e. The van der Waals surface area contributed by atoms with Crippen LogP contribution in [0.1, 0.15) is 44.7 Å². The molecule has 2 aliphatic rings. The molecule has 2 amide bonds. The van der Waals surface area contributed by atoms with Gasteiger partial charge in [0, 0.05) is 62.8 Å². The summed E-state index contributed by atoms with van der Waals surface area (Å²) < 4.78 is 5.29. The van der Waals surface area contributed by atoms with Gasteiger partial charge in [0.15, 0.2) is 0 Å². The molecule has 0 unspecified atom stereocenters. The number of morpholine rings is 1. The Balaban J connectivity index is 0.000000198. The molecule has 51 heavy (non-hydrogen) atoms. The molecule has 6 rings (SSSR count). The van der Waals surface area contributed by atoms with Crippen LogP contribution < -0.4 is 21.3 Å². The van der Waals surface area contributed by atoms with Crippen LogP contribution in [0.15, 0.2) is 48.8 Å². The number of nitrogens with one attached hydrogen (secondary N) is 4. The maximum absolute atomic E-state index is 12.6. The van der Waals surface area contributed by atoms with Gasteiger partial charge in [-0.25, -0.2) is 9.97 Å². The third kappa shape index (κ3) is 9.73. The first-order valence-electron chi connectivity index (χ1n) is 16.6. The molecule has 0 bridgehead atoms. The van der Waals surface area contributed by atoms with Gasteiger partial charge in [-0.3, -0.25) is 9.59 Å². The fourth-order valence-electron chi connectivity index (χ4n) is 5.52. The number of halogens is 2. The Bertz CT molecular complexity index is 1850. The number of amides is 2. The molecular weight excluding hydrogens is 695 g/mol. The van der Waals surface area contributed by atoms with Gasteiger partial charge in [0.2, 0.25) is 11.9 Å². The van der Waals surface area contributed by atoms with E-state index in [2.05, 4.69) is 41.2 Å². The number of aliphatic hydroxyl groups excluding tert-OH is 1. The van der Waals surface area contributed by atoms with Crippen LogP contribution in [0.4, 0.5) is 34.9 Å². The molecule has 0 spiro atoms. The minimum atomic E-state index is -0.297. The molecule has 2 saturated heterocycles. The Kier molecular flexibility index (Phi) is 12.8. The summed E-state index contributed by atoms with van der Waals surface area (Å²) in [6.07, 6.45) is 4.03. The number of carbonyl (C=O) groups excluding carboxylic acids is 2. The fourth-order valence-corrected chi connectivity index (χ4v) is 5.89. The zero-order valence-electron chi connectivity index (χ0n) is 29.0. The van der Waals surface area contributed by atoms with Gasteiger partial charge in [-0.15, -0.1) is 0 Å². The predicted octanol–water partition coefficient (Wildman–Crippen LogP) is 5.52. The van der Waals surface area contributed by atoms with Crippen LogP contribution in [0.25, 0.3) is 0 Å². The summed E-state index contributed by atoms with van der Waals surface area (Å²) in [5.74, 6) is 1.97. The second-order valence-corrected chi connectivity index (χ2v) is 12.8. The summed E-state index contributed by atoms with van der Waals surface area (Å²) in [4.78, 5) is 45.7. The van der Waals surface area contributed by atoms with E-state index in [1.807, 2.05) is 49.1 Å². The smallest absolute Gasteiger partial charge is 0.254 e. The minimum absolute atomic E-state index is 0.00763. The lowest BCUT2D eigenvalue weighted by Gasteiger charge is -2.29. The molecule has 2 aromatic heterocycles. The molecule has 2 fully saturated rings. The van der Waals surface area contributed by atoms with Crippen molar-refractivity contribution in [3.63, 3.8) is 0 Å². The molecule has 0 atom stereocenters. The quantitative estimate of drug-likeness (QED) is 0.154. The standard InChI is InChI=1S/C18H22ClN5O2.C17H20ClN5O2/c1-11-9-12(17(26)24-7-5-13(25)6-8-24)3-4-15(11)22-18-21-10-14(19)16(20-2)23-18;1-11-9-12(16(24)23-5-7-25-8-6-23)3-4-14(11)21-17-20-10-13(18)15(19-2)22-17/h3-4,9-10,13,25H,5-8H2,1-2H3,(H2,20,21,22,23);3-4,9-10H,5-8H2,1-2H3,(H2,19,20,21,22). The lowest BCUT2D eigenvalue weighted by atomic mass is 10.0. The number of carbonyl (C=O) groups is 2. The molecule has 0 radical (unpaired) electrons. The molecule has 2 aromatic carbocycles. The number of hydrogen-bond donors (Lipinski definition) is 5. The van der Waals surface area contributed by atoms with E-state index in [-0.39, 0.29) is 17.9 Å². The number of aliphatic hydroxyl groups is 1. The Labute approximate surface area is 307 Å². The molecule has 16 heteroatoms. The van der Waals surface area contributed by atoms with Crippen molar-refractivity contribution in [1.82, 2.24) is 29.7 Å². The van der Waals surface area contributed by atoms with Gasteiger partial charge in [0.05, 0.1) is 31.7 Å². The summed E-state index contributed by atoms with van der Waals surface area (Å²) in [6, 6.07) is 11.0. The van der Waals surface area contributed by atoms with E-state index in [4.69, 9.17) is 27.9 Å². The highest BCUT2D eigenvalue weighted by Gasteiger charge is 2.23. The van der Waals surface area contributed by atoms with Crippen LogP contribution in [-0.4, -0.2) is 106 Å². The maximum atomic E-state index is 12.6. The highest BCUT2D eigenvalue weighted by molar-refractivity contribution is 6.33. The van der Waals surface area contributed by atoms with Crippen LogP contribution in [0, 0.1) is 13.8 Å². The van der Waals surface area contributed by atoms with Crippen molar-refractivity contribution in [2.75, 3.05) is 74.8 Å². The molecule has 270 valence electrons. The Morgan fingerprint density at radius 3 is 1.59 bits per heavy atom. The van der Waals surface area contributed by atoms with E-state index < -0.39 is 0 Å². The molecular formula is C35H42Cl2N10O4. The first-order valence-corrected chi connectivity index (χ1v) is 17.3. The van der Waals surface area contributed by atoms with Crippen molar-refractivity contribution in [1.29, 1.82) is 0 Å². The van der Waals surface area contributed by atoms with Crippen molar-refractivity contribution in [3.05, 3.63) is 81.1 Å². The molecule has 14 nitrogen and oxygen atoms in total. The van der Waals surface area contributed by atoms with Crippen molar-refractivity contribution < 1.29 is 19.4 Å². The number of likely N-dealkylation sites (tertiary alicyclic amines) is 1. The fraction of sp³-hybridized carbons (Fsp3) is 0.371. The number of aryl methyl sites for hydroxylation is 2. The van der Waals surface area contributed by atoms with E-state index in [0.29, 0.717) is 96.9 Å². The summed E-state index contributed by atoms with van der Waals surface area (Å²) in [7, 11) is 3.48. The van der Waals surface area contributed by atoms with Crippen LogP contribution in [0.5, 0.6) is 0 Å². The number of aromatic nitrogens is 4. The summed E-state index contributed by atoms with van der Waals surface area (Å²) in [5.41, 5.74) is 4.80. The molecule has 5 N–H and O–H groups in total. The van der Waals surface area contributed by atoms with E-state index in [1.54, 1.807) is 25.1 Å². The van der Waals surface area contributed by atoms with Gasteiger partial charge in [-0.05, 0) is 74.2 Å². The van der Waals surface area contributed by atoms with Crippen LogP contribution in [0.2, 0.25) is 10.0 Å². The van der Waals surface area contributed by atoms with E-state index >= 15 is 0 Å². The number of benzene rings is 2. The zero-order valence-corrected chi connectivity index (χ0v) is 30.5. The van der Waals surface area contributed by atoms with Crippen molar-refractivity contribution in [3.8, 4) is 0 Å². The number of hydrogen-bond acceptors (Lipinski definition) is 12. The van der Waals surface area contributed by atoms with Gasteiger partial charge in [0.25, 0.3) is 11.8 Å². The van der Waals surface area contributed by atoms with Gasteiger partial charge in [0.1, 0.15) is 21.7 Å². The largest absolute Gasteiger partial charge is 0.393 e. The summed E-state index contributed by atoms with van der Waals surface area (Å²) >= 11 is 12.0. The Hall–Kier alpha value is -4.76. The highest BCUT2D eigenvalue weighted by atomic mass is 35.5. The number of ether oxygens (including phenoxy) is 1. The SMILES string of the molecule is CNc1nc(Nc2ccc(C(=O)N3CCC(O)CC3)cc2C)ncc1Cl.CNc1nc(Nc2ccc(C(=O)N3CCOCC3)cc2C)ncc1Cl. The molecule has 0 saturated carbocycles. The monoisotopic (exact) mass is 736 g/mol. The number of anilines is 6. The highest BCUT2D eigenvalue weighted by Crippen LogP contribution is 2.26. The third-order valence-corrected chi connectivity index (χ3v) is 9.00. The third-order valence-electron chi connectivity index (χ3n) is 8.45. The van der Waals surface area contributed by atoms with Gasteiger partial charge >= 0.3 is 0 Å². The second kappa shape index (κ2) is 17.4. The molecule has 4 heterocycles. The van der Waals surface area contributed by atoms with E-state index in [0.717, 1.165) is 22.5 Å². The average Bonchev–Trinajstić information content (AvgIpc) is 3.15. The van der Waals surface area contributed by atoms with Crippen LogP contribution in [-0.2, 0) is 4.74 Å². The average molecular weight is 738 g/mol. The van der Waals surface area contributed by atoms with Gasteiger partial charge in [-0.1, -0.05) is 23.2 Å². The summed E-state index contributed by atoms with van der Waals surface area (Å²) in [5, 5.41) is 22.6. The maximum Gasteiger partial charge on any atom is 0.254 e. The number of piperidine rings is 1. The Morgan fingerprint density at radius 1 is 0.745 bits per heavy atom. The Morgan fingerprint density at radius 2 is 1.18 bits per heavy atom. The van der Waals surface area contributed by atoms with Crippen molar-refractivity contribution in [2.45, 2.75) is 32.8 Å². The predicted molar refractivity (Wildman–Crippen MR) is 200 cm³/mol. The molecule has 4 aromatic rings. The van der Waals surface area contributed by atoms with Gasteiger partial charge < -0.3 is 40.9 Å². The normalized spacial score (nSPS) is 14.6. The zero-order chi connectivity index (χ0) is 36.5. The van der Waals surface area contributed by atoms with E-state index in [9.17, 15) is 14.7 Å². The molecule has 0 aliphatic carbocycles.